The van der Waals surface area contributed by atoms with Crippen molar-refractivity contribution in [2.24, 2.45) is 13.0 Å². The van der Waals surface area contributed by atoms with Gasteiger partial charge >= 0.3 is 6.09 Å². The first-order valence-corrected chi connectivity index (χ1v) is 11.5. The third-order valence-corrected chi connectivity index (χ3v) is 5.89. The number of carbonyl (C=O) groups is 1. The smallest absolute Gasteiger partial charge is 0.410 e. The summed E-state index contributed by atoms with van der Waals surface area (Å²) in [6, 6.07) is 3.99. The van der Waals surface area contributed by atoms with E-state index < -0.39 is 5.60 Å². The molecule has 8 nitrogen and oxygen atoms in total. The van der Waals surface area contributed by atoms with Gasteiger partial charge in [0.05, 0.1) is 12.3 Å². The minimum absolute atomic E-state index is 0.204. The van der Waals surface area contributed by atoms with Crippen molar-refractivity contribution in [1.29, 1.82) is 0 Å². The Labute approximate surface area is 198 Å². The van der Waals surface area contributed by atoms with Gasteiger partial charge in [0, 0.05) is 49.0 Å². The molecule has 9 heteroatoms. The zero-order valence-electron chi connectivity index (χ0n) is 19.8. The monoisotopic (exact) mass is 471 g/mol. The van der Waals surface area contributed by atoms with Gasteiger partial charge in [0.15, 0.2) is 0 Å². The average molecular weight is 472 g/mol. The zero-order chi connectivity index (χ0) is 23.8. The number of rotatable bonds is 4. The number of hydrogen-bond donors (Lipinski definition) is 0. The molecule has 1 amide bonds. The molecular formula is C24H30ClN5O3. The molecule has 0 saturated carbocycles. The molecule has 4 heterocycles. The summed E-state index contributed by atoms with van der Waals surface area (Å²) in [5.41, 5.74) is 2.85. The molecule has 0 radical (unpaired) electrons. The van der Waals surface area contributed by atoms with Crippen molar-refractivity contribution in [2.75, 3.05) is 19.7 Å². The lowest BCUT2D eigenvalue weighted by atomic mass is 9.98. The van der Waals surface area contributed by atoms with E-state index in [1.807, 2.05) is 57.6 Å². The first kappa shape index (κ1) is 23.3. The van der Waals surface area contributed by atoms with Crippen molar-refractivity contribution < 1.29 is 14.3 Å². The Kier molecular flexibility index (Phi) is 6.47. The Morgan fingerprint density at radius 2 is 1.97 bits per heavy atom. The highest BCUT2D eigenvalue weighted by Crippen LogP contribution is 2.30. The summed E-state index contributed by atoms with van der Waals surface area (Å²) in [5.74, 6) is 0.979. The molecule has 1 fully saturated rings. The quantitative estimate of drug-likeness (QED) is 0.497. The number of carbonyl (C=O) groups excluding carboxylic acids is 1. The van der Waals surface area contributed by atoms with E-state index in [-0.39, 0.29) is 11.4 Å². The maximum atomic E-state index is 12.2. The second-order valence-corrected chi connectivity index (χ2v) is 9.91. The van der Waals surface area contributed by atoms with Crippen LogP contribution < -0.4 is 4.74 Å². The van der Waals surface area contributed by atoms with Crippen molar-refractivity contribution in [1.82, 2.24) is 24.4 Å². The molecule has 0 N–H and O–H groups in total. The van der Waals surface area contributed by atoms with Gasteiger partial charge in [-0.3, -0.25) is 0 Å². The summed E-state index contributed by atoms with van der Waals surface area (Å²) >= 11 is 6.16. The number of amides is 1. The predicted octanol–water partition coefficient (Wildman–Crippen LogP) is 5.02. The number of aryl methyl sites for hydroxylation is 2. The Balaban J connectivity index is 1.38. The van der Waals surface area contributed by atoms with Crippen molar-refractivity contribution in [2.45, 2.75) is 46.1 Å². The lowest BCUT2D eigenvalue weighted by Gasteiger charge is -2.33. The summed E-state index contributed by atoms with van der Waals surface area (Å²) < 4.78 is 13.4. The van der Waals surface area contributed by atoms with Crippen LogP contribution in [-0.4, -0.2) is 55.8 Å². The molecule has 0 aliphatic carbocycles. The fourth-order valence-corrected chi connectivity index (χ4v) is 4.14. The highest BCUT2D eigenvalue weighted by molar-refractivity contribution is 6.28. The van der Waals surface area contributed by atoms with E-state index in [4.69, 9.17) is 21.1 Å². The van der Waals surface area contributed by atoms with Gasteiger partial charge in [-0.25, -0.2) is 14.8 Å². The first-order chi connectivity index (χ1) is 15.6. The molecule has 3 aromatic heterocycles. The molecule has 0 aromatic carbocycles. The van der Waals surface area contributed by atoms with Crippen LogP contribution >= 0.6 is 11.6 Å². The third kappa shape index (κ3) is 5.38. The van der Waals surface area contributed by atoms with Crippen molar-refractivity contribution >= 4 is 28.7 Å². The SMILES string of the molecule is Cc1cc(-c2nc(Cl)nc3c2ccn3C)cnc1OCC1CCN(C(=O)OC(C)(C)C)CC1. The number of piperidine rings is 1. The lowest BCUT2D eigenvalue weighted by molar-refractivity contribution is 0.0164. The maximum absolute atomic E-state index is 12.2. The number of aromatic nitrogens is 4. The summed E-state index contributed by atoms with van der Waals surface area (Å²) in [7, 11) is 1.92. The molecule has 0 atom stereocenters. The number of likely N-dealkylation sites (tertiary alicyclic amines) is 1. The zero-order valence-corrected chi connectivity index (χ0v) is 20.5. The molecule has 176 valence electrons. The molecule has 1 aliphatic heterocycles. The Hall–Kier alpha value is -2.87. The molecule has 0 bridgehead atoms. The number of ether oxygens (including phenoxy) is 2. The fraction of sp³-hybridized carbons (Fsp3) is 0.500. The number of pyridine rings is 1. The van der Waals surface area contributed by atoms with E-state index in [0.29, 0.717) is 31.5 Å². The molecule has 4 rings (SSSR count). The second kappa shape index (κ2) is 9.17. The molecule has 1 saturated heterocycles. The molecule has 33 heavy (non-hydrogen) atoms. The number of nitrogens with zero attached hydrogens (tertiary/aromatic N) is 5. The van der Waals surface area contributed by atoms with Crippen molar-refractivity contribution in [3.05, 3.63) is 35.4 Å². The number of halogens is 1. The van der Waals surface area contributed by atoms with Gasteiger partial charge in [-0.05, 0) is 70.2 Å². The van der Waals surface area contributed by atoms with E-state index in [1.54, 1.807) is 11.1 Å². The van der Waals surface area contributed by atoms with Gasteiger partial charge in [0.1, 0.15) is 11.2 Å². The predicted molar refractivity (Wildman–Crippen MR) is 128 cm³/mol. The standard InChI is InChI=1S/C24H30ClN5O3/c1-15-12-17(19-18-8-9-29(5)20(18)28-22(25)27-19)13-26-21(15)32-14-16-6-10-30(11-7-16)23(31)33-24(2,3)4/h8-9,12-13,16H,6-7,10-11,14H2,1-5H3. The maximum Gasteiger partial charge on any atom is 0.410 e. The minimum atomic E-state index is -0.476. The van der Waals surface area contributed by atoms with E-state index >= 15 is 0 Å². The fourth-order valence-electron chi connectivity index (χ4n) is 3.98. The van der Waals surface area contributed by atoms with Gasteiger partial charge in [-0.1, -0.05) is 0 Å². The molecule has 1 aliphatic rings. The lowest BCUT2D eigenvalue weighted by Crippen LogP contribution is -2.42. The normalized spacial score (nSPS) is 15.2. The van der Waals surface area contributed by atoms with Gasteiger partial charge in [-0.2, -0.15) is 4.98 Å². The third-order valence-electron chi connectivity index (χ3n) is 5.72. The Morgan fingerprint density at radius 3 is 2.64 bits per heavy atom. The number of hydrogen-bond acceptors (Lipinski definition) is 6. The van der Waals surface area contributed by atoms with Crippen LogP contribution in [0.2, 0.25) is 5.28 Å². The van der Waals surface area contributed by atoms with Crippen molar-refractivity contribution in [3.63, 3.8) is 0 Å². The van der Waals surface area contributed by atoms with Gasteiger partial charge in [0.25, 0.3) is 0 Å². The average Bonchev–Trinajstić information content (AvgIpc) is 3.12. The van der Waals surface area contributed by atoms with Crippen LogP contribution in [0.3, 0.4) is 0 Å². The van der Waals surface area contributed by atoms with Gasteiger partial charge in [-0.15, -0.1) is 0 Å². The topological polar surface area (TPSA) is 82.4 Å². The van der Waals surface area contributed by atoms with E-state index in [1.165, 1.54) is 0 Å². The summed E-state index contributed by atoms with van der Waals surface area (Å²) in [6.45, 7) is 9.54. The minimum Gasteiger partial charge on any atom is -0.477 e. The van der Waals surface area contributed by atoms with Crippen molar-refractivity contribution in [3.8, 4) is 17.1 Å². The largest absolute Gasteiger partial charge is 0.477 e. The van der Waals surface area contributed by atoms with Crippen LogP contribution in [0.1, 0.15) is 39.2 Å². The van der Waals surface area contributed by atoms with Crippen LogP contribution in [0.4, 0.5) is 4.79 Å². The molecule has 0 spiro atoms. The van der Waals surface area contributed by atoms with Gasteiger partial charge in [0.2, 0.25) is 11.2 Å². The van der Waals surface area contributed by atoms with E-state index in [9.17, 15) is 4.79 Å². The highest BCUT2D eigenvalue weighted by Gasteiger charge is 2.27. The van der Waals surface area contributed by atoms with Gasteiger partial charge < -0.3 is 18.9 Å². The van der Waals surface area contributed by atoms with E-state index in [2.05, 4.69) is 15.0 Å². The highest BCUT2D eigenvalue weighted by atomic mass is 35.5. The second-order valence-electron chi connectivity index (χ2n) is 9.57. The summed E-state index contributed by atoms with van der Waals surface area (Å²) in [5, 5.41) is 1.13. The first-order valence-electron chi connectivity index (χ1n) is 11.2. The molecular weight excluding hydrogens is 442 g/mol. The van der Waals surface area contributed by atoms with Crippen LogP contribution in [0.15, 0.2) is 24.5 Å². The summed E-state index contributed by atoms with van der Waals surface area (Å²) in [4.78, 5) is 27.3. The Morgan fingerprint density at radius 1 is 1.24 bits per heavy atom. The van der Waals surface area contributed by atoms with Crippen LogP contribution in [-0.2, 0) is 11.8 Å². The van der Waals surface area contributed by atoms with Crippen LogP contribution in [0.25, 0.3) is 22.3 Å². The van der Waals surface area contributed by atoms with Crippen LogP contribution in [0, 0.1) is 12.8 Å². The summed E-state index contributed by atoms with van der Waals surface area (Å²) in [6.07, 6.45) is 5.21. The molecule has 0 unspecified atom stereocenters. The van der Waals surface area contributed by atoms with E-state index in [0.717, 1.165) is 40.7 Å². The van der Waals surface area contributed by atoms with Crippen LogP contribution in [0.5, 0.6) is 5.88 Å². The molecule has 3 aromatic rings. The number of fused-ring (bicyclic) bond motifs is 1. The Bertz CT molecular complexity index is 1160.